The molecule has 0 amide bonds. The largest absolute Gasteiger partial charge is 0.453 e. The average Bonchev–Trinajstić information content (AvgIpc) is 2.82. The van der Waals surface area contributed by atoms with Crippen LogP contribution in [0.2, 0.25) is 0 Å². The lowest BCUT2D eigenvalue weighted by atomic mass is 10.2. The van der Waals surface area contributed by atoms with Crippen molar-refractivity contribution in [3.8, 4) is 0 Å². The number of nitrogens with zero attached hydrogens (tertiary/aromatic N) is 13. The molecule has 0 aromatic carbocycles. The van der Waals surface area contributed by atoms with Gasteiger partial charge in [-0.2, -0.15) is 0 Å². The summed E-state index contributed by atoms with van der Waals surface area (Å²) in [5, 5.41) is 0. The maximum Gasteiger partial charge on any atom is 0.453 e. The first kappa shape index (κ1) is 41.7. The molecule has 1 saturated heterocycles. The maximum atomic E-state index is 6.11. The molecule has 13 nitrogen and oxygen atoms in total. The van der Waals surface area contributed by atoms with Crippen molar-refractivity contribution in [2.45, 2.75) is 26.7 Å². The predicted octanol–water partition coefficient (Wildman–Crippen LogP) is 5.68. The summed E-state index contributed by atoms with van der Waals surface area (Å²) >= 11 is 0. The molecule has 1 fully saturated rings. The summed E-state index contributed by atoms with van der Waals surface area (Å²) in [7, 11) is 28.7. The minimum absolute atomic E-state index is 0. The van der Waals surface area contributed by atoms with E-state index in [-0.39, 0.29) is 7.43 Å². The van der Waals surface area contributed by atoms with E-state index in [0.717, 1.165) is 25.9 Å². The fourth-order valence-corrected chi connectivity index (χ4v) is 25.4. The third-order valence-corrected chi connectivity index (χ3v) is 23.8. The van der Waals surface area contributed by atoms with E-state index in [1.54, 1.807) is 0 Å². The summed E-state index contributed by atoms with van der Waals surface area (Å²) in [6, 6.07) is 0. The first-order valence-corrected chi connectivity index (χ1v) is 20.3. The molecule has 1 aliphatic heterocycles. The van der Waals surface area contributed by atoms with E-state index in [0.29, 0.717) is 0 Å². The fraction of sp³-hybridized carbons (Fsp3) is 1.00. The average molecular weight is 663 g/mol. The van der Waals surface area contributed by atoms with Crippen molar-refractivity contribution in [3.05, 3.63) is 0 Å². The van der Waals surface area contributed by atoms with Crippen LogP contribution in [-0.4, -0.2) is 187 Å². The van der Waals surface area contributed by atoms with Crippen LogP contribution < -0.4 is 0 Å². The Hall–Kier alpha value is 0.720. The summed E-state index contributed by atoms with van der Waals surface area (Å²) < 4.78 is 41.7. The highest BCUT2D eigenvalue weighted by Crippen LogP contribution is 2.83. The molecule has 0 spiro atoms. The van der Waals surface area contributed by atoms with Crippen LogP contribution in [0.1, 0.15) is 26.7 Å². The number of rotatable bonds is 13. The van der Waals surface area contributed by atoms with Gasteiger partial charge in [0.05, 0.1) is 0 Å². The zero-order chi connectivity index (χ0) is 31.4. The van der Waals surface area contributed by atoms with Crippen LogP contribution >= 0.6 is 30.4 Å². The van der Waals surface area contributed by atoms with Crippen LogP contribution in [0.5, 0.6) is 0 Å². The van der Waals surface area contributed by atoms with Crippen LogP contribution in [0.25, 0.3) is 0 Å². The third-order valence-electron chi connectivity index (χ3n) is 7.26. The monoisotopic (exact) mass is 662 g/mol. The summed E-state index contributed by atoms with van der Waals surface area (Å²) in [5.74, 6) is 0. The van der Waals surface area contributed by atoms with Crippen molar-refractivity contribution in [1.82, 2.24) is 46.7 Å². The standard InChI is InChI=1S/C23H64N13P4.CH4/c1-27(2)38(28(3)4,29(5)6)24-37(36-22-20-19-21-23-36,25-39(30(7)8,31(9)10)32(11)12)26-40(33(13)14,34(15)16)35(17)18;/h19-23H2,1-18H3;1H4/q+1;. The van der Waals surface area contributed by atoms with Gasteiger partial charge >= 0.3 is 7.87 Å². The fourth-order valence-electron chi connectivity index (χ4n) is 5.79. The lowest BCUT2D eigenvalue weighted by Crippen LogP contribution is -2.36. The molecule has 0 aliphatic carbocycles. The SMILES string of the molecule is C.CN(C)P(=N[P+](N=P(N(C)C)(N(C)C)N(C)C)(N=P(N(C)C)(N(C)C)N(C)C)N1CCCCC1)(N(C)C)N(C)C. The minimum Gasteiger partial charge on any atom is -0.249 e. The van der Waals surface area contributed by atoms with E-state index in [2.05, 4.69) is 174 Å². The van der Waals surface area contributed by atoms with Crippen LogP contribution in [0.3, 0.4) is 0 Å². The molecule has 17 heteroatoms. The molecule has 0 radical (unpaired) electrons. The topological polar surface area (TPSA) is 69.5 Å². The summed E-state index contributed by atoms with van der Waals surface area (Å²) in [6.45, 7) is 1.89. The number of piperidine rings is 1. The Balaban J connectivity index is 0.0000160. The van der Waals surface area contributed by atoms with Crippen LogP contribution in [-0.2, 0) is 0 Å². The van der Waals surface area contributed by atoms with Crippen molar-refractivity contribution in [2.75, 3.05) is 140 Å². The molecule has 0 aromatic rings. The Morgan fingerprint density at radius 3 is 0.756 bits per heavy atom. The van der Waals surface area contributed by atoms with E-state index in [9.17, 15) is 0 Å². The van der Waals surface area contributed by atoms with Crippen LogP contribution in [0.15, 0.2) is 13.5 Å². The van der Waals surface area contributed by atoms with Gasteiger partial charge in [-0.1, -0.05) is 13.8 Å². The number of hydrogen-bond donors (Lipinski definition) is 0. The van der Waals surface area contributed by atoms with E-state index >= 15 is 0 Å². The Morgan fingerprint density at radius 1 is 0.390 bits per heavy atom. The zero-order valence-corrected chi connectivity index (χ0v) is 32.7. The van der Waals surface area contributed by atoms with Crippen LogP contribution in [0, 0.1) is 0 Å². The van der Waals surface area contributed by atoms with Gasteiger partial charge in [-0.05, 0) is 153 Å². The van der Waals surface area contributed by atoms with Gasteiger partial charge in [-0.3, -0.25) is 0 Å². The molecule has 0 unspecified atom stereocenters. The van der Waals surface area contributed by atoms with Crippen molar-refractivity contribution in [3.63, 3.8) is 0 Å². The summed E-state index contributed by atoms with van der Waals surface area (Å²) in [4.78, 5) is 0. The molecular weight excluding hydrogens is 594 g/mol. The van der Waals surface area contributed by atoms with E-state index < -0.39 is 30.4 Å². The van der Waals surface area contributed by atoms with Crippen molar-refractivity contribution < 1.29 is 0 Å². The molecule has 1 aliphatic rings. The first-order valence-electron chi connectivity index (χ1n) is 13.9. The molecule has 0 N–H and O–H groups in total. The molecular formula is C24H68N13P4+. The van der Waals surface area contributed by atoms with Gasteiger partial charge in [0.2, 0.25) is 22.5 Å². The van der Waals surface area contributed by atoms with Gasteiger partial charge in [0.1, 0.15) is 0 Å². The van der Waals surface area contributed by atoms with Gasteiger partial charge in [0.15, 0.2) is 0 Å². The van der Waals surface area contributed by atoms with Crippen molar-refractivity contribution in [2.24, 2.45) is 13.5 Å². The Bertz CT molecular complexity index is 776. The quantitative estimate of drug-likeness (QED) is 0.230. The molecule has 248 valence electrons. The maximum absolute atomic E-state index is 6.11. The molecule has 1 heterocycles. The lowest BCUT2D eigenvalue weighted by molar-refractivity contribution is 0.360. The smallest absolute Gasteiger partial charge is 0.249 e. The van der Waals surface area contributed by atoms with Crippen molar-refractivity contribution >= 4 is 30.4 Å². The highest BCUT2D eigenvalue weighted by molar-refractivity contribution is 7.84. The molecule has 0 aromatic heterocycles. The molecule has 41 heavy (non-hydrogen) atoms. The van der Waals surface area contributed by atoms with Crippen molar-refractivity contribution in [1.29, 1.82) is 0 Å². The van der Waals surface area contributed by atoms with E-state index in [1.165, 1.54) is 6.42 Å². The Labute approximate surface area is 257 Å². The van der Waals surface area contributed by atoms with Gasteiger partial charge in [0, 0.05) is 13.1 Å². The second-order valence-corrected chi connectivity index (χ2v) is 26.3. The molecule has 0 bridgehead atoms. The van der Waals surface area contributed by atoms with E-state index in [4.69, 9.17) is 13.5 Å². The second kappa shape index (κ2) is 16.3. The summed E-state index contributed by atoms with van der Waals surface area (Å²) in [5.41, 5.74) is 0. The Morgan fingerprint density at radius 2 is 0.585 bits per heavy atom. The van der Waals surface area contributed by atoms with Crippen LogP contribution in [0.4, 0.5) is 0 Å². The van der Waals surface area contributed by atoms with Gasteiger partial charge < -0.3 is 0 Å². The zero-order valence-electron chi connectivity index (χ0n) is 29.1. The minimum atomic E-state index is -2.94. The van der Waals surface area contributed by atoms with Gasteiger partial charge in [-0.15, -0.1) is 4.67 Å². The first-order chi connectivity index (χ1) is 18.2. The van der Waals surface area contributed by atoms with Gasteiger partial charge in [0.25, 0.3) is 0 Å². The molecule has 0 saturated carbocycles. The normalized spacial score (nSPS) is 16.8. The predicted molar refractivity (Wildman–Crippen MR) is 190 cm³/mol. The third kappa shape index (κ3) is 8.12. The highest BCUT2D eigenvalue weighted by Gasteiger charge is 2.57. The number of hydrogen-bond acceptors (Lipinski definition) is 4. The molecule has 0 atom stereocenters. The lowest BCUT2D eigenvalue weighted by Gasteiger charge is -2.45. The second-order valence-electron chi connectivity index (χ2n) is 12.1. The van der Waals surface area contributed by atoms with E-state index in [1.807, 2.05) is 0 Å². The Kier molecular flexibility index (Phi) is 16.6. The summed E-state index contributed by atoms with van der Waals surface area (Å²) in [6.07, 6.45) is 3.50. The molecule has 1 rings (SSSR count). The highest BCUT2D eigenvalue weighted by atomic mass is 31.3. The van der Waals surface area contributed by atoms with Gasteiger partial charge in [-0.25, -0.2) is 42.0 Å².